The largest absolute Gasteiger partial charge is 0.303 e. The summed E-state index contributed by atoms with van der Waals surface area (Å²) in [5.74, 6) is 1.66. The second-order valence-electron chi connectivity index (χ2n) is 8.71. The zero-order valence-corrected chi connectivity index (χ0v) is 19.0. The Hall–Kier alpha value is -0.820. The summed E-state index contributed by atoms with van der Waals surface area (Å²) in [6.07, 6.45) is 13.3. The van der Waals surface area contributed by atoms with E-state index in [1.54, 1.807) is 0 Å². The van der Waals surface area contributed by atoms with Gasteiger partial charge in [0, 0.05) is 6.54 Å². The van der Waals surface area contributed by atoms with Crippen LogP contribution in [0.2, 0.25) is 0 Å². The van der Waals surface area contributed by atoms with E-state index in [0.717, 1.165) is 11.8 Å². The third-order valence-corrected chi connectivity index (χ3v) is 5.21. The van der Waals surface area contributed by atoms with Crippen LogP contribution < -0.4 is 0 Å². The van der Waals surface area contributed by atoms with Crippen LogP contribution in [0.15, 0.2) is 35.5 Å². The first-order valence-electron chi connectivity index (χ1n) is 11.0. The van der Waals surface area contributed by atoms with Crippen LogP contribution in [0.1, 0.15) is 93.4 Å². The van der Waals surface area contributed by atoms with E-state index in [9.17, 15) is 0 Å². The Balaban J connectivity index is 4.70. The molecule has 0 bridgehead atoms. The van der Waals surface area contributed by atoms with E-state index in [-0.39, 0.29) is 0 Å². The summed E-state index contributed by atoms with van der Waals surface area (Å²) in [7, 11) is 0. The molecule has 0 aliphatic heterocycles. The fourth-order valence-electron chi connectivity index (χ4n) is 3.78. The van der Waals surface area contributed by atoms with Crippen LogP contribution in [0, 0.1) is 11.8 Å². The van der Waals surface area contributed by atoms with E-state index < -0.39 is 0 Å². The van der Waals surface area contributed by atoms with Gasteiger partial charge in [0.1, 0.15) is 0 Å². The standard InChI is InChI=1S/C25H47N/c1-9-13-23(7)24(8)16-12-18-26(17-11-15-21(3)4)20-25(14-10-2)19-22(5)6/h9,13,22,25H,3,10-12,14-20H2,1-2,4-8H3/b13-9-,24-23-. The monoisotopic (exact) mass is 361 g/mol. The number of hydrogen-bond acceptors (Lipinski definition) is 1. The lowest BCUT2D eigenvalue weighted by atomic mass is 9.92. The molecule has 0 saturated carbocycles. The zero-order valence-electron chi connectivity index (χ0n) is 19.0. The lowest BCUT2D eigenvalue weighted by Gasteiger charge is -2.29. The summed E-state index contributed by atoms with van der Waals surface area (Å²) in [4.78, 5) is 2.74. The van der Waals surface area contributed by atoms with Crippen molar-refractivity contribution in [2.24, 2.45) is 11.8 Å². The SMILES string of the molecule is C=C(C)CCCN(CCC/C(C)=C(C)\C=C/C)CC(CCC)CC(C)C. The second kappa shape index (κ2) is 15.3. The van der Waals surface area contributed by atoms with Gasteiger partial charge in [-0.25, -0.2) is 0 Å². The molecule has 0 aliphatic rings. The van der Waals surface area contributed by atoms with Crippen molar-refractivity contribution in [3.05, 3.63) is 35.5 Å². The van der Waals surface area contributed by atoms with Crippen molar-refractivity contribution >= 4 is 0 Å². The van der Waals surface area contributed by atoms with Gasteiger partial charge in [-0.3, -0.25) is 0 Å². The molecule has 0 aromatic rings. The number of hydrogen-bond donors (Lipinski definition) is 0. The van der Waals surface area contributed by atoms with Gasteiger partial charge in [-0.05, 0) is 91.1 Å². The Labute approximate surface area is 165 Å². The molecule has 0 amide bonds. The molecule has 0 heterocycles. The smallest absolute Gasteiger partial charge is 0.000976 e. The van der Waals surface area contributed by atoms with Crippen molar-refractivity contribution in [1.82, 2.24) is 4.90 Å². The van der Waals surface area contributed by atoms with E-state index in [1.165, 1.54) is 81.3 Å². The van der Waals surface area contributed by atoms with Crippen molar-refractivity contribution in [3.8, 4) is 0 Å². The zero-order chi connectivity index (χ0) is 19.9. The molecule has 0 aromatic heterocycles. The highest BCUT2D eigenvalue weighted by Gasteiger charge is 2.15. The van der Waals surface area contributed by atoms with Crippen molar-refractivity contribution in [1.29, 1.82) is 0 Å². The first-order valence-corrected chi connectivity index (χ1v) is 11.0. The van der Waals surface area contributed by atoms with Crippen molar-refractivity contribution in [2.45, 2.75) is 93.4 Å². The van der Waals surface area contributed by atoms with Crippen LogP contribution in [0.3, 0.4) is 0 Å². The Kier molecular flexibility index (Phi) is 14.8. The molecule has 26 heavy (non-hydrogen) atoms. The van der Waals surface area contributed by atoms with Gasteiger partial charge in [0.15, 0.2) is 0 Å². The first kappa shape index (κ1) is 25.2. The van der Waals surface area contributed by atoms with Gasteiger partial charge in [-0.2, -0.15) is 0 Å². The van der Waals surface area contributed by atoms with Gasteiger partial charge < -0.3 is 4.90 Å². The quantitative estimate of drug-likeness (QED) is 0.212. The van der Waals surface area contributed by atoms with Crippen LogP contribution in [0.25, 0.3) is 0 Å². The Bertz CT molecular complexity index is 427. The third-order valence-electron chi connectivity index (χ3n) is 5.21. The van der Waals surface area contributed by atoms with E-state index in [2.05, 4.69) is 72.1 Å². The molecule has 0 aliphatic carbocycles. The van der Waals surface area contributed by atoms with Crippen LogP contribution in [0.4, 0.5) is 0 Å². The van der Waals surface area contributed by atoms with Crippen molar-refractivity contribution in [3.63, 3.8) is 0 Å². The molecule has 0 N–H and O–H groups in total. The molecule has 1 heteroatoms. The van der Waals surface area contributed by atoms with Gasteiger partial charge in [0.2, 0.25) is 0 Å². The van der Waals surface area contributed by atoms with E-state index in [1.807, 2.05) is 0 Å². The van der Waals surface area contributed by atoms with Gasteiger partial charge in [-0.15, -0.1) is 6.58 Å². The molecular weight excluding hydrogens is 314 g/mol. The molecule has 0 fully saturated rings. The molecule has 0 saturated heterocycles. The maximum Gasteiger partial charge on any atom is 0.000976 e. The van der Waals surface area contributed by atoms with Crippen LogP contribution in [0.5, 0.6) is 0 Å². The fourth-order valence-corrected chi connectivity index (χ4v) is 3.78. The highest BCUT2D eigenvalue weighted by molar-refractivity contribution is 5.21. The highest BCUT2D eigenvalue weighted by atomic mass is 15.1. The predicted molar refractivity (Wildman–Crippen MR) is 121 cm³/mol. The van der Waals surface area contributed by atoms with Crippen LogP contribution in [-0.2, 0) is 0 Å². The Morgan fingerprint density at radius 3 is 2.15 bits per heavy atom. The van der Waals surface area contributed by atoms with E-state index in [0.29, 0.717) is 0 Å². The molecule has 152 valence electrons. The molecule has 0 spiro atoms. The van der Waals surface area contributed by atoms with Crippen molar-refractivity contribution in [2.75, 3.05) is 19.6 Å². The molecule has 0 radical (unpaired) electrons. The highest BCUT2D eigenvalue weighted by Crippen LogP contribution is 2.20. The van der Waals surface area contributed by atoms with Crippen LogP contribution >= 0.6 is 0 Å². The summed E-state index contributed by atoms with van der Waals surface area (Å²) < 4.78 is 0. The lowest BCUT2D eigenvalue weighted by molar-refractivity contribution is 0.202. The van der Waals surface area contributed by atoms with Gasteiger partial charge >= 0.3 is 0 Å². The minimum Gasteiger partial charge on any atom is -0.303 e. The minimum atomic E-state index is 0.803. The van der Waals surface area contributed by atoms with Gasteiger partial charge in [0.05, 0.1) is 0 Å². The maximum absolute atomic E-state index is 4.07. The summed E-state index contributed by atoms with van der Waals surface area (Å²) >= 11 is 0. The Morgan fingerprint density at radius 1 is 1.04 bits per heavy atom. The van der Waals surface area contributed by atoms with E-state index >= 15 is 0 Å². The summed E-state index contributed by atoms with van der Waals surface area (Å²) in [6, 6.07) is 0. The number of rotatable bonds is 15. The van der Waals surface area contributed by atoms with Gasteiger partial charge in [0.25, 0.3) is 0 Å². The molecule has 0 rings (SSSR count). The molecule has 1 unspecified atom stereocenters. The average Bonchev–Trinajstić information content (AvgIpc) is 2.53. The molecule has 1 nitrogen and oxygen atoms in total. The molecule has 0 aromatic carbocycles. The van der Waals surface area contributed by atoms with Gasteiger partial charge in [-0.1, -0.05) is 56.1 Å². The fraction of sp³-hybridized carbons (Fsp3) is 0.760. The van der Waals surface area contributed by atoms with Crippen LogP contribution in [-0.4, -0.2) is 24.5 Å². The summed E-state index contributed by atoms with van der Waals surface area (Å²) in [5.41, 5.74) is 4.29. The Morgan fingerprint density at radius 2 is 1.65 bits per heavy atom. The predicted octanol–water partition coefficient (Wildman–Crippen LogP) is 7.80. The number of nitrogens with zero attached hydrogens (tertiary/aromatic N) is 1. The summed E-state index contributed by atoms with van der Waals surface area (Å²) in [5, 5.41) is 0. The first-order chi connectivity index (χ1) is 12.3. The minimum absolute atomic E-state index is 0.803. The van der Waals surface area contributed by atoms with E-state index in [4.69, 9.17) is 0 Å². The molecule has 1 atom stereocenters. The van der Waals surface area contributed by atoms with Crippen molar-refractivity contribution < 1.29 is 0 Å². The lowest BCUT2D eigenvalue weighted by Crippen LogP contribution is -2.32. The number of allylic oxidation sites excluding steroid dienone is 5. The second-order valence-corrected chi connectivity index (χ2v) is 8.71. The average molecular weight is 362 g/mol. The third kappa shape index (κ3) is 13.4. The summed E-state index contributed by atoms with van der Waals surface area (Å²) in [6.45, 7) is 23.7. The maximum atomic E-state index is 4.07. The topological polar surface area (TPSA) is 3.24 Å². The normalized spacial score (nSPS) is 14.3. The molecular formula is C25H47N.